The van der Waals surface area contributed by atoms with E-state index in [1.165, 1.54) is 11.3 Å². The number of carbonyl (C=O) groups is 1. The third-order valence-electron chi connectivity index (χ3n) is 2.36. The van der Waals surface area contributed by atoms with Crippen molar-refractivity contribution in [2.75, 3.05) is 7.05 Å². The number of hydrogen-bond acceptors (Lipinski definition) is 4. The van der Waals surface area contributed by atoms with Crippen molar-refractivity contribution < 1.29 is 4.79 Å². The topological polar surface area (TPSA) is 59.2 Å². The number of thiazole rings is 1. The first-order valence-electron chi connectivity index (χ1n) is 4.64. The van der Waals surface area contributed by atoms with Gasteiger partial charge in [-0.2, -0.15) is 0 Å². The molecule has 1 saturated carbocycles. The number of carbonyl (C=O) groups excluding carboxylic acids is 1. The van der Waals surface area contributed by atoms with Gasteiger partial charge in [0.2, 0.25) is 0 Å². The second kappa shape index (κ2) is 3.67. The minimum Gasteiger partial charge on any atom is -0.337 e. The number of nitrogens with zero attached hydrogens (tertiary/aromatic N) is 2. The molecule has 1 amide bonds. The summed E-state index contributed by atoms with van der Waals surface area (Å²) in [5, 5.41) is 2.60. The summed E-state index contributed by atoms with van der Waals surface area (Å²) in [4.78, 5) is 17.7. The van der Waals surface area contributed by atoms with E-state index in [1.807, 2.05) is 7.05 Å². The van der Waals surface area contributed by atoms with Crippen molar-refractivity contribution >= 4 is 17.2 Å². The summed E-state index contributed by atoms with van der Waals surface area (Å²) >= 11 is 1.44. The molecule has 1 heterocycles. The largest absolute Gasteiger partial charge is 0.337 e. The minimum absolute atomic E-state index is 0.0171. The quantitative estimate of drug-likeness (QED) is 0.805. The maximum absolute atomic E-state index is 11.8. The Morgan fingerprint density at radius 1 is 1.79 bits per heavy atom. The molecule has 1 aromatic rings. The smallest absolute Gasteiger partial charge is 0.273 e. The highest BCUT2D eigenvalue weighted by atomic mass is 32.1. The first-order chi connectivity index (χ1) is 6.72. The molecule has 4 nitrogen and oxygen atoms in total. The molecule has 0 spiro atoms. The third-order valence-corrected chi connectivity index (χ3v) is 3.23. The Bertz CT molecular complexity index is 346. The zero-order chi connectivity index (χ0) is 10.1. The van der Waals surface area contributed by atoms with Crippen LogP contribution in [0.1, 0.15) is 28.3 Å². The standard InChI is InChI=1S/C9H13N3OS/c1-12(6-2-3-6)9(13)7-5-14-8(4-10)11-7/h5-6H,2-4,10H2,1H3. The van der Waals surface area contributed by atoms with Crippen molar-refractivity contribution in [2.24, 2.45) is 5.73 Å². The van der Waals surface area contributed by atoms with Gasteiger partial charge in [0.25, 0.3) is 5.91 Å². The van der Waals surface area contributed by atoms with Crippen LogP contribution >= 0.6 is 11.3 Å². The van der Waals surface area contributed by atoms with Crippen LogP contribution in [0, 0.1) is 0 Å². The summed E-state index contributed by atoms with van der Waals surface area (Å²) in [6, 6.07) is 0.436. The highest BCUT2D eigenvalue weighted by Crippen LogP contribution is 2.26. The van der Waals surface area contributed by atoms with Gasteiger partial charge in [-0.25, -0.2) is 4.98 Å². The fraction of sp³-hybridized carbons (Fsp3) is 0.556. The Hall–Kier alpha value is -0.940. The molecule has 14 heavy (non-hydrogen) atoms. The molecule has 5 heteroatoms. The molecule has 2 N–H and O–H groups in total. The first-order valence-corrected chi connectivity index (χ1v) is 5.52. The molecule has 0 unspecified atom stereocenters. The molecule has 1 aliphatic carbocycles. The Kier molecular flexibility index (Phi) is 2.52. The van der Waals surface area contributed by atoms with E-state index >= 15 is 0 Å². The molecule has 1 fully saturated rings. The van der Waals surface area contributed by atoms with E-state index in [9.17, 15) is 4.79 Å². The maximum atomic E-state index is 11.8. The van der Waals surface area contributed by atoms with Crippen molar-refractivity contribution in [3.8, 4) is 0 Å². The summed E-state index contributed by atoms with van der Waals surface area (Å²) in [7, 11) is 1.83. The van der Waals surface area contributed by atoms with Crippen LogP contribution < -0.4 is 5.73 Å². The first kappa shape index (κ1) is 9.61. The minimum atomic E-state index is 0.0171. The summed E-state index contributed by atoms with van der Waals surface area (Å²) in [5.74, 6) is 0.0171. The van der Waals surface area contributed by atoms with Gasteiger partial charge in [-0.05, 0) is 12.8 Å². The van der Waals surface area contributed by atoms with Gasteiger partial charge in [0.1, 0.15) is 10.7 Å². The Morgan fingerprint density at radius 3 is 3.00 bits per heavy atom. The van der Waals surface area contributed by atoms with E-state index in [0.717, 1.165) is 17.8 Å². The number of aromatic nitrogens is 1. The predicted octanol–water partition coefficient (Wildman–Crippen LogP) is 0.836. The highest BCUT2D eigenvalue weighted by Gasteiger charge is 2.30. The maximum Gasteiger partial charge on any atom is 0.273 e. The van der Waals surface area contributed by atoms with Crippen molar-refractivity contribution in [3.63, 3.8) is 0 Å². The molecular formula is C9H13N3OS. The lowest BCUT2D eigenvalue weighted by Gasteiger charge is -2.13. The SMILES string of the molecule is CN(C(=O)c1csc(CN)n1)C1CC1. The second-order valence-corrected chi connectivity index (χ2v) is 4.42. The van der Waals surface area contributed by atoms with Crippen molar-refractivity contribution in [3.05, 3.63) is 16.1 Å². The lowest BCUT2D eigenvalue weighted by Crippen LogP contribution is -2.29. The van der Waals surface area contributed by atoms with Crippen LogP contribution in [0.4, 0.5) is 0 Å². The molecule has 0 bridgehead atoms. The second-order valence-electron chi connectivity index (χ2n) is 3.48. The van der Waals surface area contributed by atoms with Crippen molar-refractivity contribution in [1.82, 2.24) is 9.88 Å². The molecular weight excluding hydrogens is 198 g/mol. The van der Waals surface area contributed by atoms with Gasteiger partial charge in [-0.15, -0.1) is 11.3 Å². The predicted molar refractivity (Wildman–Crippen MR) is 55.1 cm³/mol. The zero-order valence-electron chi connectivity index (χ0n) is 8.06. The summed E-state index contributed by atoms with van der Waals surface area (Å²) in [5.41, 5.74) is 5.97. The van der Waals surface area contributed by atoms with Crippen LogP contribution in [0.2, 0.25) is 0 Å². The molecule has 0 saturated heterocycles. The van der Waals surface area contributed by atoms with Gasteiger partial charge in [-0.1, -0.05) is 0 Å². The van der Waals surface area contributed by atoms with Gasteiger partial charge in [0, 0.05) is 25.0 Å². The van der Waals surface area contributed by atoms with Crippen molar-refractivity contribution in [2.45, 2.75) is 25.4 Å². The van der Waals surface area contributed by atoms with Crippen LogP contribution in [-0.4, -0.2) is 28.9 Å². The Morgan fingerprint density at radius 2 is 2.50 bits per heavy atom. The fourth-order valence-corrected chi connectivity index (χ4v) is 1.96. The molecule has 0 radical (unpaired) electrons. The van der Waals surface area contributed by atoms with Crippen LogP contribution in [0.5, 0.6) is 0 Å². The van der Waals surface area contributed by atoms with E-state index in [1.54, 1.807) is 10.3 Å². The molecule has 2 rings (SSSR count). The van der Waals surface area contributed by atoms with Gasteiger partial charge in [0.05, 0.1) is 0 Å². The Balaban J connectivity index is 2.09. The molecule has 0 atom stereocenters. The normalized spacial score (nSPS) is 15.6. The highest BCUT2D eigenvalue weighted by molar-refractivity contribution is 7.09. The number of nitrogens with two attached hydrogens (primary N) is 1. The number of hydrogen-bond donors (Lipinski definition) is 1. The van der Waals surface area contributed by atoms with Crippen LogP contribution in [0.3, 0.4) is 0 Å². The van der Waals surface area contributed by atoms with Crippen LogP contribution in [0.25, 0.3) is 0 Å². The van der Waals surface area contributed by atoms with E-state index in [4.69, 9.17) is 5.73 Å². The zero-order valence-corrected chi connectivity index (χ0v) is 8.88. The fourth-order valence-electron chi connectivity index (χ4n) is 1.31. The van der Waals surface area contributed by atoms with Crippen LogP contribution in [-0.2, 0) is 6.54 Å². The van der Waals surface area contributed by atoms with E-state index in [2.05, 4.69) is 4.98 Å². The van der Waals surface area contributed by atoms with Gasteiger partial charge < -0.3 is 10.6 Å². The lowest BCUT2D eigenvalue weighted by molar-refractivity contribution is 0.0780. The van der Waals surface area contributed by atoms with Gasteiger partial charge in [-0.3, -0.25) is 4.79 Å². The number of amides is 1. The van der Waals surface area contributed by atoms with Gasteiger partial charge >= 0.3 is 0 Å². The molecule has 1 aliphatic rings. The third kappa shape index (κ3) is 1.78. The average Bonchev–Trinajstić information content (AvgIpc) is 2.94. The monoisotopic (exact) mass is 211 g/mol. The van der Waals surface area contributed by atoms with E-state index in [-0.39, 0.29) is 5.91 Å². The molecule has 0 aromatic carbocycles. The summed E-state index contributed by atoms with van der Waals surface area (Å²) in [6.07, 6.45) is 2.24. The Labute approximate surface area is 86.7 Å². The summed E-state index contributed by atoms with van der Waals surface area (Å²) < 4.78 is 0. The molecule has 76 valence electrons. The lowest BCUT2D eigenvalue weighted by atomic mass is 10.4. The van der Waals surface area contributed by atoms with Crippen LogP contribution in [0.15, 0.2) is 5.38 Å². The number of rotatable bonds is 3. The van der Waals surface area contributed by atoms with E-state index < -0.39 is 0 Å². The molecule has 1 aromatic heterocycles. The van der Waals surface area contributed by atoms with E-state index in [0.29, 0.717) is 18.3 Å². The van der Waals surface area contributed by atoms with Gasteiger partial charge in [0.15, 0.2) is 0 Å². The average molecular weight is 211 g/mol. The van der Waals surface area contributed by atoms with Crippen molar-refractivity contribution in [1.29, 1.82) is 0 Å². The molecule has 0 aliphatic heterocycles. The summed E-state index contributed by atoms with van der Waals surface area (Å²) in [6.45, 7) is 0.408.